The van der Waals surface area contributed by atoms with E-state index in [9.17, 15) is 9.59 Å². The third kappa shape index (κ3) is 2.93. The number of anilines is 1. The van der Waals surface area contributed by atoms with E-state index in [1.54, 1.807) is 31.4 Å². The van der Waals surface area contributed by atoms with Crippen LogP contribution >= 0.6 is 0 Å². The number of hydrogen-bond donors (Lipinski definition) is 0. The van der Waals surface area contributed by atoms with E-state index in [0.717, 1.165) is 24.4 Å². The van der Waals surface area contributed by atoms with Gasteiger partial charge in [-0.05, 0) is 18.2 Å². The number of benzene rings is 1. The zero-order valence-electron chi connectivity index (χ0n) is 16.0. The Kier molecular flexibility index (Phi) is 4.04. The first-order valence-electron chi connectivity index (χ1n) is 9.55. The molecule has 5 rings (SSSR count). The zero-order valence-corrected chi connectivity index (χ0v) is 16.0. The smallest absolute Gasteiger partial charge is 0.275 e. The summed E-state index contributed by atoms with van der Waals surface area (Å²) in [5.74, 6) is -0.137. The Morgan fingerprint density at radius 3 is 2.55 bits per heavy atom. The molecule has 1 aromatic carbocycles. The topological polar surface area (TPSA) is 75.7 Å². The molecule has 0 radical (unpaired) electrons. The molecule has 0 saturated carbocycles. The largest absolute Gasteiger partial charge is 0.367 e. The second-order valence-electron chi connectivity index (χ2n) is 7.18. The van der Waals surface area contributed by atoms with Gasteiger partial charge < -0.3 is 14.2 Å². The van der Waals surface area contributed by atoms with Crippen molar-refractivity contribution >= 4 is 28.0 Å². The Morgan fingerprint density at radius 1 is 1.00 bits per heavy atom. The highest BCUT2D eigenvalue weighted by Gasteiger charge is 2.25. The Morgan fingerprint density at radius 2 is 1.76 bits per heavy atom. The number of pyridine rings is 1. The van der Waals surface area contributed by atoms with Crippen molar-refractivity contribution in [3.8, 4) is 0 Å². The summed E-state index contributed by atoms with van der Waals surface area (Å²) in [6.07, 6.45) is 5.76. The van der Waals surface area contributed by atoms with Crippen molar-refractivity contribution in [1.29, 1.82) is 0 Å². The molecule has 8 nitrogen and oxygen atoms in total. The van der Waals surface area contributed by atoms with Gasteiger partial charge in [0.25, 0.3) is 11.5 Å². The molecule has 0 unspecified atom stereocenters. The number of hydrogen-bond acceptors (Lipinski definition) is 5. The molecular weight excluding hydrogens is 368 g/mol. The third-order valence-electron chi connectivity index (χ3n) is 5.46. The SMILES string of the molecule is Cn1nc(C(=O)N2CCN(c3ccc4nccn4c3)CC2)c2ccccc2c1=O. The molecule has 4 aromatic rings. The van der Waals surface area contributed by atoms with E-state index < -0.39 is 0 Å². The fraction of sp³-hybridized carbons (Fsp3) is 0.238. The van der Waals surface area contributed by atoms with Gasteiger partial charge in [-0.3, -0.25) is 9.59 Å². The van der Waals surface area contributed by atoms with Crippen molar-refractivity contribution in [2.75, 3.05) is 31.1 Å². The number of amides is 1. The summed E-state index contributed by atoms with van der Waals surface area (Å²) in [5, 5.41) is 5.39. The molecule has 0 N–H and O–H groups in total. The predicted molar refractivity (Wildman–Crippen MR) is 110 cm³/mol. The third-order valence-corrected chi connectivity index (χ3v) is 5.46. The lowest BCUT2D eigenvalue weighted by molar-refractivity contribution is 0.0740. The van der Waals surface area contributed by atoms with Crippen LogP contribution in [-0.2, 0) is 7.05 Å². The highest BCUT2D eigenvalue weighted by molar-refractivity contribution is 6.04. The maximum absolute atomic E-state index is 13.2. The van der Waals surface area contributed by atoms with Crippen LogP contribution in [0.2, 0.25) is 0 Å². The van der Waals surface area contributed by atoms with Crippen LogP contribution in [-0.4, -0.2) is 56.2 Å². The van der Waals surface area contributed by atoms with E-state index in [4.69, 9.17) is 0 Å². The summed E-state index contributed by atoms with van der Waals surface area (Å²) >= 11 is 0. The van der Waals surface area contributed by atoms with E-state index >= 15 is 0 Å². The van der Waals surface area contributed by atoms with Crippen molar-refractivity contribution in [3.05, 3.63) is 71.0 Å². The van der Waals surface area contributed by atoms with Gasteiger partial charge in [0.1, 0.15) is 5.65 Å². The quantitative estimate of drug-likeness (QED) is 0.521. The minimum Gasteiger partial charge on any atom is -0.367 e. The summed E-state index contributed by atoms with van der Waals surface area (Å²) in [6.45, 7) is 2.66. The van der Waals surface area contributed by atoms with Crippen LogP contribution in [0.5, 0.6) is 0 Å². The van der Waals surface area contributed by atoms with E-state index in [2.05, 4.69) is 27.2 Å². The lowest BCUT2D eigenvalue weighted by atomic mass is 10.1. The maximum Gasteiger partial charge on any atom is 0.275 e. The van der Waals surface area contributed by atoms with Gasteiger partial charge in [0, 0.05) is 57.2 Å². The molecule has 3 aromatic heterocycles. The van der Waals surface area contributed by atoms with Crippen molar-refractivity contribution in [3.63, 3.8) is 0 Å². The number of rotatable bonds is 2. The number of aromatic nitrogens is 4. The molecule has 1 amide bonds. The van der Waals surface area contributed by atoms with Crippen LogP contribution in [0.3, 0.4) is 0 Å². The summed E-state index contributed by atoms with van der Waals surface area (Å²) in [5.41, 5.74) is 2.15. The molecular formula is C21H20N6O2. The molecule has 0 bridgehead atoms. The standard InChI is InChI=1S/C21H20N6O2/c1-24-20(28)17-5-3-2-4-16(17)19(23-24)21(29)26-12-10-25(11-13-26)15-6-7-18-22-8-9-27(18)14-15/h2-9,14H,10-13H2,1H3. The van der Waals surface area contributed by atoms with E-state index in [0.29, 0.717) is 29.6 Å². The first-order valence-corrected chi connectivity index (χ1v) is 9.55. The van der Waals surface area contributed by atoms with Gasteiger partial charge in [0.15, 0.2) is 5.69 Å². The number of aryl methyl sites for hydroxylation is 1. The van der Waals surface area contributed by atoms with Gasteiger partial charge >= 0.3 is 0 Å². The Hall–Kier alpha value is -3.68. The van der Waals surface area contributed by atoms with Gasteiger partial charge in [-0.15, -0.1) is 0 Å². The maximum atomic E-state index is 13.2. The predicted octanol–water partition coefficient (Wildman–Crippen LogP) is 1.54. The Bertz CT molecular complexity index is 1280. The minimum atomic E-state index is -0.197. The summed E-state index contributed by atoms with van der Waals surface area (Å²) < 4.78 is 3.24. The second kappa shape index (κ2) is 6.73. The average molecular weight is 388 g/mol. The molecule has 0 aliphatic carbocycles. The number of carbonyl (C=O) groups is 1. The second-order valence-corrected chi connectivity index (χ2v) is 7.18. The molecule has 1 fully saturated rings. The molecule has 4 heterocycles. The van der Waals surface area contributed by atoms with Crippen LogP contribution in [0.25, 0.3) is 16.4 Å². The highest BCUT2D eigenvalue weighted by atomic mass is 16.2. The molecule has 1 aliphatic heterocycles. The summed E-state index contributed by atoms with van der Waals surface area (Å²) in [6, 6.07) is 11.2. The van der Waals surface area contributed by atoms with Crippen LogP contribution in [0.1, 0.15) is 10.5 Å². The van der Waals surface area contributed by atoms with Crippen molar-refractivity contribution in [2.45, 2.75) is 0 Å². The molecule has 0 spiro atoms. The normalized spacial score (nSPS) is 14.7. The van der Waals surface area contributed by atoms with Crippen molar-refractivity contribution in [1.82, 2.24) is 24.1 Å². The molecule has 29 heavy (non-hydrogen) atoms. The fourth-order valence-corrected chi connectivity index (χ4v) is 3.87. The molecule has 8 heteroatoms. The summed E-state index contributed by atoms with van der Waals surface area (Å²) in [4.78, 5) is 33.8. The zero-order chi connectivity index (χ0) is 20.0. The van der Waals surface area contributed by atoms with Gasteiger partial charge in [-0.25, -0.2) is 9.67 Å². The molecule has 1 aliphatic rings. The monoisotopic (exact) mass is 388 g/mol. The van der Waals surface area contributed by atoms with Gasteiger partial charge in [-0.1, -0.05) is 18.2 Å². The Balaban J connectivity index is 1.38. The van der Waals surface area contributed by atoms with Crippen LogP contribution in [0.4, 0.5) is 5.69 Å². The lowest BCUT2D eigenvalue weighted by Gasteiger charge is -2.36. The number of imidazole rings is 1. The first-order chi connectivity index (χ1) is 14.1. The molecule has 1 saturated heterocycles. The van der Waals surface area contributed by atoms with E-state index in [1.165, 1.54) is 4.68 Å². The number of fused-ring (bicyclic) bond motifs is 2. The Labute approximate surface area is 166 Å². The fourth-order valence-electron chi connectivity index (χ4n) is 3.87. The van der Waals surface area contributed by atoms with Crippen molar-refractivity contribution < 1.29 is 4.79 Å². The van der Waals surface area contributed by atoms with Gasteiger partial charge in [0.05, 0.1) is 11.1 Å². The average Bonchev–Trinajstić information content (AvgIpc) is 3.24. The highest BCUT2D eigenvalue weighted by Crippen LogP contribution is 2.20. The number of nitrogens with zero attached hydrogens (tertiary/aromatic N) is 6. The summed E-state index contributed by atoms with van der Waals surface area (Å²) in [7, 11) is 1.58. The number of piperazine rings is 1. The molecule has 146 valence electrons. The molecule has 0 atom stereocenters. The van der Waals surface area contributed by atoms with Crippen LogP contribution in [0, 0.1) is 0 Å². The first kappa shape index (κ1) is 17.4. The number of carbonyl (C=O) groups excluding carboxylic acids is 1. The minimum absolute atomic E-state index is 0.137. The van der Waals surface area contributed by atoms with Crippen molar-refractivity contribution in [2.24, 2.45) is 7.05 Å². The van der Waals surface area contributed by atoms with E-state index in [1.807, 2.05) is 27.6 Å². The van der Waals surface area contributed by atoms with Gasteiger partial charge in [-0.2, -0.15) is 5.10 Å². The van der Waals surface area contributed by atoms with E-state index in [-0.39, 0.29) is 11.5 Å². The van der Waals surface area contributed by atoms with Gasteiger partial charge in [0.2, 0.25) is 0 Å². The van der Waals surface area contributed by atoms with Crippen LogP contribution in [0.15, 0.2) is 59.8 Å². The lowest BCUT2D eigenvalue weighted by Crippen LogP contribution is -2.49. The van der Waals surface area contributed by atoms with Crippen LogP contribution < -0.4 is 10.5 Å².